The maximum atomic E-state index is 6.23. The monoisotopic (exact) mass is 343 g/mol. The molecular formula is C18H25N5O2. The molecule has 4 heterocycles. The van der Waals surface area contributed by atoms with Gasteiger partial charge in [0.15, 0.2) is 0 Å². The highest BCUT2D eigenvalue weighted by molar-refractivity contribution is 5.30. The first-order valence-corrected chi connectivity index (χ1v) is 8.95. The van der Waals surface area contributed by atoms with Crippen LogP contribution >= 0.6 is 0 Å². The Hall–Kier alpha value is -1.99. The Labute approximate surface area is 148 Å². The van der Waals surface area contributed by atoms with Gasteiger partial charge in [-0.2, -0.15) is 0 Å². The lowest BCUT2D eigenvalue weighted by atomic mass is 9.89. The van der Waals surface area contributed by atoms with Crippen molar-refractivity contribution >= 4 is 5.95 Å². The average molecular weight is 343 g/mol. The van der Waals surface area contributed by atoms with E-state index in [9.17, 15) is 0 Å². The number of anilines is 1. The van der Waals surface area contributed by atoms with Gasteiger partial charge in [0.1, 0.15) is 5.76 Å². The first kappa shape index (κ1) is 16.5. The van der Waals surface area contributed by atoms with E-state index < -0.39 is 0 Å². The molecule has 1 spiro atoms. The SMILES string of the molecule is Cc1noc(C)c1CN1CCC2(CC1)CN(c1ncccn1)CCO2. The number of likely N-dealkylation sites (tertiary alicyclic amines) is 1. The zero-order valence-electron chi connectivity index (χ0n) is 14.9. The lowest BCUT2D eigenvalue weighted by Crippen LogP contribution is -2.57. The zero-order chi connectivity index (χ0) is 17.3. The molecule has 4 rings (SSSR count). The molecule has 2 aromatic rings. The molecule has 0 unspecified atom stereocenters. The van der Waals surface area contributed by atoms with Gasteiger partial charge >= 0.3 is 0 Å². The normalized spacial score (nSPS) is 21.0. The minimum atomic E-state index is -0.0767. The standard InChI is InChI=1S/C18H25N5O2/c1-14-16(15(2)25-21-14)12-22-8-4-18(5-9-22)13-23(10-11-24-18)17-19-6-3-7-20-17/h3,6-7H,4-5,8-13H2,1-2H3. The average Bonchev–Trinajstić information content (AvgIpc) is 2.97. The molecule has 2 saturated heterocycles. The van der Waals surface area contributed by atoms with Crippen LogP contribution in [0.15, 0.2) is 23.0 Å². The third kappa shape index (κ3) is 3.39. The van der Waals surface area contributed by atoms with Gasteiger partial charge in [0.05, 0.1) is 24.4 Å². The summed E-state index contributed by atoms with van der Waals surface area (Å²) >= 11 is 0. The third-order valence-electron chi connectivity index (χ3n) is 5.41. The highest BCUT2D eigenvalue weighted by atomic mass is 16.5. The fraction of sp³-hybridized carbons (Fsp3) is 0.611. The first-order valence-electron chi connectivity index (χ1n) is 8.95. The predicted octanol–water partition coefficient (Wildman–Crippen LogP) is 1.95. The van der Waals surface area contributed by atoms with Crippen molar-refractivity contribution in [3.05, 3.63) is 35.5 Å². The van der Waals surface area contributed by atoms with Gasteiger partial charge in [-0.3, -0.25) is 4.90 Å². The number of piperidine rings is 1. The van der Waals surface area contributed by atoms with Crippen molar-refractivity contribution in [2.75, 3.05) is 37.7 Å². The van der Waals surface area contributed by atoms with Crippen molar-refractivity contribution in [2.24, 2.45) is 0 Å². The number of morpholine rings is 1. The third-order valence-corrected chi connectivity index (χ3v) is 5.41. The van der Waals surface area contributed by atoms with E-state index in [4.69, 9.17) is 9.26 Å². The Morgan fingerprint density at radius 2 is 1.88 bits per heavy atom. The zero-order valence-corrected chi connectivity index (χ0v) is 14.9. The van der Waals surface area contributed by atoms with E-state index in [0.717, 1.165) is 69.6 Å². The quantitative estimate of drug-likeness (QED) is 0.844. The molecule has 0 atom stereocenters. The van der Waals surface area contributed by atoms with Gasteiger partial charge in [-0.1, -0.05) is 5.16 Å². The summed E-state index contributed by atoms with van der Waals surface area (Å²) in [5.41, 5.74) is 2.14. The van der Waals surface area contributed by atoms with Gasteiger partial charge in [-0.05, 0) is 32.8 Å². The van der Waals surface area contributed by atoms with Crippen LogP contribution in [0.1, 0.15) is 29.9 Å². The summed E-state index contributed by atoms with van der Waals surface area (Å²) in [7, 11) is 0. The molecule has 25 heavy (non-hydrogen) atoms. The van der Waals surface area contributed by atoms with Crippen LogP contribution in [0.4, 0.5) is 5.95 Å². The molecule has 0 amide bonds. The maximum Gasteiger partial charge on any atom is 0.225 e. The molecule has 2 aliphatic rings. The molecule has 7 heteroatoms. The number of aromatic nitrogens is 3. The predicted molar refractivity (Wildman–Crippen MR) is 93.4 cm³/mol. The number of rotatable bonds is 3. The molecule has 0 bridgehead atoms. The second kappa shape index (κ2) is 6.72. The number of aryl methyl sites for hydroxylation is 2. The van der Waals surface area contributed by atoms with E-state index in [1.165, 1.54) is 5.56 Å². The number of ether oxygens (including phenoxy) is 1. The van der Waals surface area contributed by atoms with Crippen molar-refractivity contribution in [3.63, 3.8) is 0 Å². The van der Waals surface area contributed by atoms with E-state index in [1.54, 1.807) is 12.4 Å². The van der Waals surface area contributed by atoms with Gasteiger partial charge in [0, 0.05) is 44.1 Å². The van der Waals surface area contributed by atoms with Crippen LogP contribution in [-0.2, 0) is 11.3 Å². The van der Waals surface area contributed by atoms with Crippen LogP contribution < -0.4 is 4.90 Å². The summed E-state index contributed by atoms with van der Waals surface area (Å²) in [4.78, 5) is 13.5. The number of hydrogen-bond donors (Lipinski definition) is 0. The second-order valence-corrected chi connectivity index (χ2v) is 7.08. The molecule has 0 saturated carbocycles. The van der Waals surface area contributed by atoms with Crippen LogP contribution in [0.5, 0.6) is 0 Å². The molecule has 0 aliphatic carbocycles. The van der Waals surface area contributed by atoms with Crippen LogP contribution in [-0.4, -0.2) is 58.4 Å². The van der Waals surface area contributed by atoms with Gasteiger partial charge in [0.25, 0.3) is 0 Å². The van der Waals surface area contributed by atoms with Crippen LogP contribution in [0.25, 0.3) is 0 Å². The first-order chi connectivity index (χ1) is 12.2. The number of nitrogens with zero attached hydrogens (tertiary/aromatic N) is 5. The Bertz CT molecular complexity index is 690. The van der Waals surface area contributed by atoms with E-state index in [-0.39, 0.29) is 5.60 Å². The molecular weight excluding hydrogens is 318 g/mol. The largest absolute Gasteiger partial charge is 0.371 e. The lowest BCUT2D eigenvalue weighted by Gasteiger charge is -2.47. The molecule has 0 N–H and O–H groups in total. The molecule has 0 aromatic carbocycles. The molecule has 2 fully saturated rings. The van der Waals surface area contributed by atoms with Crippen LogP contribution in [0, 0.1) is 13.8 Å². The Morgan fingerprint density at radius 1 is 1.12 bits per heavy atom. The summed E-state index contributed by atoms with van der Waals surface area (Å²) in [6, 6.07) is 1.85. The van der Waals surface area contributed by atoms with E-state index in [2.05, 4.69) is 24.9 Å². The summed E-state index contributed by atoms with van der Waals surface area (Å²) in [5.74, 6) is 1.74. The smallest absolute Gasteiger partial charge is 0.225 e. The number of hydrogen-bond acceptors (Lipinski definition) is 7. The summed E-state index contributed by atoms with van der Waals surface area (Å²) in [5, 5.41) is 4.06. The molecule has 134 valence electrons. The highest BCUT2D eigenvalue weighted by Gasteiger charge is 2.40. The fourth-order valence-corrected chi connectivity index (χ4v) is 3.84. The van der Waals surface area contributed by atoms with E-state index >= 15 is 0 Å². The van der Waals surface area contributed by atoms with Crippen molar-refractivity contribution in [1.82, 2.24) is 20.0 Å². The lowest BCUT2D eigenvalue weighted by molar-refractivity contribution is -0.0924. The Balaban J connectivity index is 1.39. The Morgan fingerprint density at radius 3 is 2.56 bits per heavy atom. The van der Waals surface area contributed by atoms with Crippen LogP contribution in [0.3, 0.4) is 0 Å². The van der Waals surface area contributed by atoms with E-state index in [1.807, 2.05) is 19.9 Å². The molecule has 2 aliphatic heterocycles. The van der Waals surface area contributed by atoms with Gasteiger partial charge in [0.2, 0.25) is 5.95 Å². The summed E-state index contributed by atoms with van der Waals surface area (Å²) in [6.07, 6.45) is 5.66. The summed E-state index contributed by atoms with van der Waals surface area (Å²) in [6.45, 7) is 9.42. The van der Waals surface area contributed by atoms with Crippen molar-refractivity contribution < 1.29 is 9.26 Å². The van der Waals surface area contributed by atoms with Crippen molar-refractivity contribution in [1.29, 1.82) is 0 Å². The van der Waals surface area contributed by atoms with Gasteiger partial charge in [-0.25, -0.2) is 9.97 Å². The minimum absolute atomic E-state index is 0.0767. The molecule has 0 radical (unpaired) electrons. The van der Waals surface area contributed by atoms with Crippen LogP contribution in [0.2, 0.25) is 0 Å². The second-order valence-electron chi connectivity index (χ2n) is 7.08. The fourth-order valence-electron chi connectivity index (χ4n) is 3.84. The summed E-state index contributed by atoms with van der Waals surface area (Å²) < 4.78 is 11.5. The van der Waals surface area contributed by atoms with Crippen molar-refractivity contribution in [3.8, 4) is 0 Å². The molecule has 7 nitrogen and oxygen atoms in total. The molecule has 2 aromatic heterocycles. The Kier molecular flexibility index (Phi) is 4.43. The van der Waals surface area contributed by atoms with Gasteiger partial charge < -0.3 is 14.2 Å². The van der Waals surface area contributed by atoms with Crippen molar-refractivity contribution in [2.45, 2.75) is 38.8 Å². The highest BCUT2D eigenvalue weighted by Crippen LogP contribution is 2.32. The minimum Gasteiger partial charge on any atom is -0.371 e. The van der Waals surface area contributed by atoms with Gasteiger partial charge in [-0.15, -0.1) is 0 Å². The topological polar surface area (TPSA) is 67.5 Å². The maximum absolute atomic E-state index is 6.23. The van der Waals surface area contributed by atoms with E-state index in [0.29, 0.717) is 0 Å².